The van der Waals surface area contributed by atoms with Crippen molar-refractivity contribution in [3.63, 3.8) is 0 Å². The summed E-state index contributed by atoms with van der Waals surface area (Å²) in [6.07, 6.45) is -6.27. The third kappa shape index (κ3) is 6.16. The number of nitrogens with two attached hydrogens (primary N) is 1. The highest BCUT2D eigenvalue weighted by atomic mass is 19.4. The lowest BCUT2D eigenvalue weighted by molar-refractivity contribution is -0.216. The van der Waals surface area contributed by atoms with E-state index in [0.717, 1.165) is 18.5 Å². The van der Waals surface area contributed by atoms with Crippen LogP contribution in [0.25, 0.3) is 16.8 Å². The summed E-state index contributed by atoms with van der Waals surface area (Å²) in [7, 11) is 1.18. The summed E-state index contributed by atoms with van der Waals surface area (Å²) in [5, 5.41) is 6.58. The molecule has 4 heterocycles. The van der Waals surface area contributed by atoms with Crippen molar-refractivity contribution in [1.82, 2.24) is 29.7 Å². The molecule has 1 aromatic carbocycles. The number of anilines is 1. The Morgan fingerprint density at radius 1 is 1.13 bits per heavy atom. The van der Waals surface area contributed by atoms with E-state index in [9.17, 15) is 35.9 Å². The molecule has 2 atom stereocenters. The van der Waals surface area contributed by atoms with Crippen molar-refractivity contribution in [2.45, 2.75) is 57.5 Å². The lowest BCUT2D eigenvalue weighted by Crippen LogP contribution is -2.49. The number of methoxy groups -OCH3 is 1. The van der Waals surface area contributed by atoms with E-state index in [-0.39, 0.29) is 60.9 Å². The van der Waals surface area contributed by atoms with E-state index in [4.69, 9.17) is 10.5 Å². The van der Waals surface area contributed by atoms with Gasteiger partial charge in [-0.05, 0) is 31.5 Å². The second-order valence-electron chi connectivity index (χ2n) is 12.1. The third-order valence-corrected chi connectivity index (χ3v) is 8.55. The first-order chi connectivity index (χ1) is 21.4. The van der Waals surface area contributed by atoms with Crippen molar-refractivity contribution in [3.05, 3.63) is 41.5 Å². The molecule has 0 bridgehead atoms. The summed E-state index contributed by atoms with van der Waals surface area (Å²) in [6.45, 7) is 0.613. The average molecular weight is 660 g/mol. The van der Waals surface area contributed by atoms with Gasteiger partial charge in [0.2, 0.25) is 5.91 Å². The van der Waals surface area contributed by atoms with Crippen molar-refractivity contribution in [2.75, 3.05) is 39.0 Å². The molecule has 0 radical (unpaired) electrons. The fraction of sp³-hybridized carbons (Fsp3) is 0.517. The van der Waals surface area contributed by atoms with Crippen LogP contribution in [0.2, 0.25) is 0 Å². The number of hydrogen-bond acceptors (Lipinski definition) is 7. The standard InChI is InChI=1S/C29H32F7N7O3/c1-27(2,29(34,35)36)26(45)42-12-19(31)20(13-42)40-25(44)17-9-16(18(30)10-22(17)46-3)21-8-15(23-24(37)38-14-39-43(21)23)11-41-6-4-28(32,33)5-7-41/h8-10,14,19-20H,4-7,11-13H2,1-3H3,(H,40,44)(H2,37,38,39)/t19-,20+/m0/s1. The molecule has 2 aliphatic rings. The van der Waals surface area contributed by atoms with Crippen molar-refractivity contribution in [2.24, 2.45) is 5.41 Å². The molecule has 3 aromatic rings. The van der Waals surface area contributed by atoms with E-state index < -0.39 is 60.4 Å². The van der Waals surface area contributed by atoms with Crippen molar-refractivity contribution < 1.29 is 45.1 Å². The van der Waals surface area contributed by atoms with Crippen molar-refractivity contribution in [3.8, 4) is 17.0 Å². The number of ether oxygens (including phenoxy) is 1. The first-order valence-electron chi connectivity index (χ1n) is 14.3. The molecule has 46 heavy (non-hydrogen) atoms. The first-order valence-corrected chi connectivity index (χ1v) is 14.3. The van der Waals surface area contributed by atoms with E-state index in [0.29, 0.717) is 29.8 Å². The topological polar surface area (TPSA) is 118 Å². The molecule has 2 saturated heterocycles. The van der Waals surface area contributed by atoms with Gasteiger partial charge in [0, 0.05) is 50.7 Å². The van der Waals surface area contributed by atoms with Gasteiger partial charge in [-0.2, -0.15) is 18.3 Å². The lowest BCUT2D eigenvalue weighted by atomic mass is 9.91. The molecule has 0 unspecified atom stereocenters. The van der Waals surface area contributed by atoms with Gasteiger partial charge < -0.3 is 20.7 Å². The van der Waals surface area contributed by atoms with Crippen LogP contribution >= 0.6 is 0 Å². The summed E-state index contributed by atoms with van der Waals surface area (Å²) in [6, 6.07) is 2.28. The Morgan fingerprint density at radius 2 is 1.80 bits per heavy atom. The van der Waals surface area contributed by atoms with Crippen LogP contribution in [0.1, 0.15) is 42.6 Å². The fourth-order valence-electron chi connectivity index (χ4n) is 5.66. The number of hydrogen-bond donors (Lipinski definition) is 2. The first kappa shape index (κ1) is 33.2. The summed E-state index contributed by atoms with van der Waals surface area (Å²) in [5.41, 5.74) is 3.97. The number of nitrogen functional groups attached to an aromatic ring is 1. The van der Waals surface area contributed by atoms with E-state index in [1.165, 1.54) is 11.6 Å². The number of nitrogens with zero attached hydrogens (tertiary/aromatic N) is 5. The molecule has 3 N–H and O–H groups in total. The van der Waals surface area contributed by atoms with Crippen LogP contribution in [0, 0.1) is 11.2 Å². The van der Waals surface area contributed by atoms with Gasteiger partial charge in [-0.3, -0.25) is 14.5 Å². The monoisotopic (exact) mass is 659 g/mol. The summed E-state index contributed by atoms with van der Waals surface area (Å²) in [4.78, 5) is 32.5. The number of benzene rings is 1. The number of carbonyl (C=O) groups excluding carboxylic acids is 2. The predicted octanol–water partition coefficient (Wildman–Crippen LogP) is 4.22. The highest BCUT2D eigenvalue weighted by Gasteiger charge is 2.56. The van der Waals surface area contributed by atoms with Crippen LogP contribution in [-0.2, 0) is 11.3 Å². The second kappa shape index (κ2) is 11.9. The van der Waals surface area contributed by atoms with E-state index in [1.54, 1.807) is 11.0 Å². The quantitative estimate of drug-likeness (QED) is 0.365. The number of alkyl halides is 6. The van der Waals surface area contributed by atoms with E-state index >= 15 is 4.39 Å². The molecule has 0 aliphatic carbocycles. The number of fused-ring (bicyclic) bond motifs is 1. The number of halogens is 7. The number of rotatable bonds is 7. The lowest BCUT2D eigenvalue weighted by Gasteiger charge is -2.31. The van der Waals surface area contributed by atoms with Gasteiger partial charge in [0.25, 0.3) is 11.8 Å². The number of nitrogens with one attached hydrogen (secondary N) is 1. The van der Waals surface area contributed by atoms with Crippen LogP contribution in [0.3, 0.4) is 0 Å². The molecular weight excluding hydrogens is 627 g/mol. The Bertz CT molecular complexity index is 1650. The van der Waals surface area contributed by atoms with Gasteiger partial charge in [-0.15, -0.1) is 0 Å². The van der Waals surface area contributed by atoms with Crippen molar-refractivity contribution >= 4 is 23.1 Å². The van der Waals surface area contributed by atoms with Crippen molar-refractivity contribution in [1.29, 1.82) is 0 Å². The van der Waals surface area contributed by atoms with Gasteiger partial charge in [0.05, 0.1) is 31.0 Å². The SMILES string of the molecule is COc1cc(F)c(-c2cc(CN3CCC(F)(F)CC3)c3c(N)ncnn23)cc1C(=O)N[C@@H]1CN(C(=O)C(C)(C)C(F)(F)F)C[C@@H]1F. The van der Waals surface area contributed by atoms with Crippen LogP contribution in [0.5, 0.6) is 5.75 Å². The Kier molecular flexibility index (Phi) is 8.59. The van der Waals surface area contributed by atoms with Gasteiger partial charge in [0.1, 0.15) is 35.0 Å². The maximum absolute atomic E-state index is 15.6. The predicted molar refractivity (Wildman–Crippen MR) is 151 cm³/mol. The molecule has 5 rings (SSSR count). The van der Waals surface area contributed by atoms with Crippen LogP contribution in [-0.4, -0.2) is 93.8 Å². The number of amides is 2. The molecular formula is C29H32F7N7O3. The normalized spacial score (nSPS) is 20.7. The van der Waals surface area contributed by atoms with Gasteiger partial charge in [-0.25, -0.2) is 27.1 Å². The molecule has 10 nitrogen and oxygen atoms in total. The highest BCUT2D eigenvalue weighted by molar-refractivity contribution is 5.99. The second-order valence-corrected chi connectivity index (χ2v) is 12.1. The highest BCUT2D eigenvalue weighted by Crippen LogP contribution is 2.40. The molecule has 2 aromatic heterocycles. The number of likely N-dealkylation sites (tertiary alicyclic amines) is 2. The average Bonchev–Trinajstić information content (AvgIpc) is 3.53. The van der Waals surface area contributed by atoms with Gasteiger partial charge >= 0.3 is 6.18 Å². The Hall–Kier alpha value is -4.15. The fourth-order valence-corrected chi connectivity index (χ4v) is 5.66. The molecule has 2 amide bonds. The molecule has 17 heteroatoms. The molecule has 2 aliphatic heterocycles. The van der Waals surface area contributed by atoms with Crippen LogP contribution in [0.4, 0.5) is 36.6 Å². The number of piperidine rings is 1. The minimum absolute atomic E-state index is 0.0495. The van der Waals surface area contributed by atoms with Crippen LogP contribution in [0.15, 0.2) is 24.5 Å². The third-order valence-electron chi connectivity index (χ3n) is 8.55. The van der Waals surface area contributed by atoms with Crippen LogP contribution < -0.4 is 15.8 Å². The Labute approximate surface area is 258 Å². The zero-order valence-electron chi connectivity index (χ0n) is 25.1. The smallest absolute Gasteiger partial charge is 0.402 e. The summed E-state index contributed by atoms with van der Waals surface area (Å²) < 4.78 is 105. The summed E-state index contributed by atoms with van der Waals surface area (Å²) >= 11 is 0. The number of carbonyl (C=O) groups is 2. The molecule has 0 spiro atoms. The van der Waals surface area contributed by atoms with E-state index in [1.807, 2.05) is 0 Å². The minimum Gasteiger partial charge on any atom is -0.496 e. The number of aromatic nitrogens is 3. The Morgan fingerprint density at radius 3 is 2.43 bits per heavy atom. The Balaban J connectivity index is 1.44. The maximum atomic E-state index is 15.6. The largest absolute Gasteiger partial charge is 0.496 e. The zero-order chi connectivity index (χ0) is 33.8. The van der Waals surface area contributed by atoms with Gasteiger partial charge in [-0.1, -0.05) is 0 Å². The minimum atomic E-state index is -4.88. The molecule has 0 saturated carbocycles. The summed E-state index contributed by atoms with van der Waals surface area (Å²) in [5.74, 6) is -6.03. The van der Waals surface area contributed by atoms with E-state index in [2.05, 4.69) is 15.4 Å². The zero-order valence-corrected chi connectivity index (χ0v) is 25.1. The van der Waals surface area contributed by atoms with Gasteiger partial charge in [0.15, 0.2) is 5.82 Å². The molecule has 2 fully saturated rings. The maximum Gasteiger partial charge on any atom is 0.402 e. The molecule has 250 valence electrons.